The van der Waals surface area contributed by atoms with Crippen molar-refractivity contribution in [2.45, 2.75) is 38.5 Å². The zero-order valence-electron chi connectivity index (χ0n) is 17.1. The number of allylic oxidation sites excluding steroid dienone is 1. The van der Waals surface area contributed by atoms with Gasteiger partial charge in [-0.25, -0.2) is 8.51 Å². The predicted octanol–water partition coefficient (Wildman–Crippen LogP) is 4.18. The lowest BCUT2D eigenvalue weighted by Crippen LogP contribution is -2.40. The Hall–Kier alpha value is -2.18. The maximum Gasteiger partial charge on any atom is 0.222 e. The lowest BCUT2D eigenvalue weighted by Gasteiger charge is -2.29. The molecule has 1 aliphatic heterocycles. The number of benzene rings is 1. The Kier molecular flexibility index (Phi) is 8.67. The lowest BCUT2D eigenvalue weighted by atomic mass is 9.97. The zero-order valence-corrected chi connectivity index (χ0v) is 17.9. The summed E-state index contributed by atoms with van der Waals surface area (Å²) < 4.78 is 19.4. The van der Waals surface area contributed by atoms with Crippen molar-refractivity contribution in [3.63, 3.8) is 0 Å². The van der Waals surface area contributed by atoms with Crippen LogP contribution in [0.3, 0.4) is 0 Å². The lowest BCUT2D eigenvalue weighted by molar-refractivity contribution is -0.125. The quantitative estimate of drug-likeness (QED) is 0.834. The Morgan fingerprint density at radius 1 is 1.18 bits per heavy atom. The van der Waals surface area contributed by atoms with E-state index in [-0.39, 0.29) is 11.8 Å². The summed E-state index contributed by atoms with van der Waals surface area (Å²) in [5.41, 5.74) is 2.42. The molecule has 28 heavy (non-hydrogen) atoms. The van der Waals surface area contributed by atoms with Crippen LogP contribution in [-0.2, 0) is 15.8 Å². The summed E-state index contributed by atoms with van der Waals surface area (Å²) in [6.07, 6.45) is 5.23. The SMILES string of the molecule is CC(C)=Cc1ccco1.CNC(=O)C1CCN(S(=O)c2ccc(C)cc2)CC1. The second kappa shape index (κ2) is 11.0. The third-order valence-electron chi connectivity index (χ3n) is 4.50. The van der Waals surface area contributed by atoms with Crippen molar-refractivity contribution >= 4 is 23.0 Å². The maximum absolute atomic E-state index is 12.4. The molecule has 0 radical (unpaired) electrons. The molecule has 6 heteroatoms. The first-order valence-corrected chi connectivity index (χ1v) is 10.6. The van der Waals surface area contributed by atoms with Crippen LogP contribution in [0.4, 0.5) is 0 Å². The van der Waals surface area contributed by atoms with Crippen LogP contribution in [0.2, 0.25) is 0 Å². The van der Waals surface area contributed by atoms with Crippen molar-refractivity contribution in [2.24, 2.45) is 5.92 Å². The van der Waals surface area contributed by atoms with E-state index in [0.29, 0.717) is 13.1 Å². The van der Waals surface area contributed by atoms with Crippen molar-refractivity contribution in [1.29, 1.82) is 0 Å². The van der Waals surface area contributed by atoms with Gasteiger partial charge in [0.2, 0.25) is 5.91 Å². The van der Waals surface area contributed by atoms with E-state index in [4.69, 9.17) is 4.42 Å². The summed E-state index contributed by atoms with van der Waals surface area (Å²) >= 11 is 0. The van der Waals surface area contributed by atoms with Gasteiger partial charge in [-0.2, -0.15) is 0 Å². The molecule has 1 fully saturated rings. The van der Waals surface area contributed by atoms with Crippen LogP contribution in [0.1, 0.15) is 38.0 Å². The van der Waals surface area contributed by atoms with Crippen LogP contribution in [-0.4, -0.2) is 34.6 Å². The van der Waals surface area contributed by atoms with E-state index in [9.17, 15) is 9.00 Å². The Morgan fingerprint density at radius 3 is 2.32 bits per heavy atom. The Balaban J connectivity index is 0.000000261. The summed E-state index contributed by atoms with van der Waals surface area (Å²) in [5.74, 6) is 1.09. The molecule has 1 aliphatic rings. The monoisotopic (exact) mass is 402 g/mol. The van der Waals surface area contributed by atoms with Crippen molar-refractivity contribution < 1.29 is 13.4 Å². The molecule has 152 valence electrons. The van der Waals surface area contributed by atoms with Gasteiger partial charge < -0.3 is 9.73 Å². The molecule has 0 spiro atoms. The zero-order chi connectivity index (χ0) is 20.5. The van der Waals surface area contributed by atoms with Gasteiger partial charge in [-0.05, 0) is 64.0 Å². The summed E-state index contributed by atoms with van der Waals surface area (Å²) in [4.78, 5) is 12.4. The number of rotatable bonds is 4. The van der Waals surface area contributed by atoms with E-state index in [2.05, 4.69) is 5.32 Å². The van der Waals surface area contributed by atoms with E-state index in [1.165, 1.54) is 11.1 Å². The number of hydrogen-bond donors (Lipinski definition) is 1. The van der Waals surface area contributed by atoms with E-state index in [1.54, 1.807) is 13.3 Å². The highest BCUT2D eigenvalue weighted by molar-refractivity contribution is 7.82. The molecule has 1 N–H and O–H groups in total. The molecule has 1 aromatic heterocycles. The van der Waals surface area contributed by atoms with Crippen LogP contribution in [0.5, 0.6) is 0 Å². The second-order valence-electron chi connectivity index (χ2n) is 7.12. The van der Waals surface area contributed by atoms with Gasteiger partial charge in [-0.3, -0.25) is 4.79 Å². The fraction of sp³-hybridized carbons (Fsp3) is 0.409. The highest BCUT2D eigenvalue weighted by Crippen LogP contribution is 2.21. The first-order chi connectivity index (χ1) is 13.4. The molecular weight excluding hydrogens is 372 g/mol. The molecule has 2 heterocycles. The van der Waals surface area contributed by atoms with E-state index in [1.807, 2.05) is 67.6 Å². The smallest absolute Gasteiger partial charge is 0.222 e. The van der Waals surface area contributed by atoms with Crippen LogP contribution in [0, 0.1) is 12.8 Å². The molecule has 1 amide bonds. The number of piperidine rings is 1. The normalized spacial score (nSPS) is 15.9. The third kappa shape index (κ3) is 6.77. The molecule has 2 aromatic rings. The topological polar surface area (TPSA) is 62.6 Å². The molecule has 5 nitrogen and oxygen atoms in total. The fourth-order valence-corrected chi connectivity index (χ4v) is 4.16. The van der Waals surface area contributed by atoms with Gasteiger partial charge in [-0.1, -0.05) is 23.3 Å². The van der Waals surface area contributed by atoms with Crippen molar-refractivity contribution in [3.05, 3.63) is 59.6 Å². The number of carbonyl (C=O) groups excluding carboxylic acids is 1. The molecule has 0 saturated carbocycles. The van der Waals surface area contributed by atoms with Gasteiger partial charge in [0.1, 0.15) is 16.7 Å². The Labute approximate surface area is 170 Å². The number of amides is 1. The van der Waals surface area contributed by atoms with Gasteiger partial charge in [-0.15, -0.1) is 0 Å². The van der Waals surface area contributed by atoms with Gasteiger partial charge in [0.25, 0.3) is 0 Å². The number of furan rings is 1. The average Bonchev–Trinajstić information content (AvgIpc) is 3.20. The van der Waals surface area contributed by atoms with Crippen LogP contribution in [0.15, 0.2) is 57.5 Å². The maximum atomic E-state index is 12.4. The minimum atomic E-state index is -1.11. The van der Waals surface area contributed by atoms with Gasteiger partial charge >= 0.3 is 0 Å². The van der Waals surface area contributed by atoms with Gasteiger partial charge in [0.15, 0.2) is 0 Å². The third-order valence-corrected chi connectivity index (χ3v) is 6.01. The molecule has 0 bridgehead atoms. The van der Waals surface area contributed by atoms with Crippen LogP contribution in [0.25, 0.3) is 6.08 Å². The summed E-state index contributed by atoms with van der Waals surface area (Å²) in [7, 11) is 0.559. The molecule has 0 aliphatic carbocycles. The van der Waals surface area contributed by atoms with E-state index in [0.717, 1.165) is 23.5 Å². The largest absolute Gasteiger partial charge is 0.465 e. The fourth-order valence-electron chi connectivity index (χ4n) is 2.95. The van der Waals surface area contributed by atoms with Crippen LogP contribution >= 0.6 is 0 Å². The number of carbonyl (C=O) groups is 1. The minimum absolute atomic E-state index is 0.0660. The van der Waals surface area contributed by atoms with Crippen molar-refractivity contribution in [3.8, 4) is 0 Å². The van der Waals surface area contributed by atoms with Crippen molar-refractivity contribution in [1.82, 2.24) is 9.62 Å². The summed E-state index contributed by atoms with van der Waals surface area (Å²) in [6, 6.07) is 11.6. The summed E-state index contributed by atoms with van der Waals surface area (Å²) in [6.45, 7) is 7.52. The highest BCUT2D eigenvalue weighted by atomic mass is 32.2. The number of nitrogens with zero attached hydrogens (tertiary/aromatic N) is 1. The minimum Gasteiger partial charge on any atom is -0.465 e. The van der Waals surface area contributed by atoms with Crippen molar-refractivity contribution in [2.75, 3.05) is 20.1 Å². The number of nitrogens with one attached hydrogen (secondary N) is 1. The predicted molar refractivity (Wildman–Crippen MR) is 114 cm³/mol. The average molecular weight is 403 g/mol. The molecular formula is C22H30N2O3S. The second-order valence-corrected chi connectivity index (χ2v) is 8.60. The first-order valence-electron chi connectivity index (χ1n) is 9.54. The Morgan fingerprint density at radius 2 is 1.82 bits per heavy atom. The standard InChI is InChI=1S/C14H20N2O2S.C8H10O/c1-11-3-5-13(6-4-11)19(18)16-9-7-12(8-10-16)14(17)15-2;1-7(2)6-8-4-3-5-9-8/h3-6,12H,7-10H2,1-2H3,(H,15,17);3-6H,1-2H3. The number of hydrogen-bond acceptors (Lipinski definition) is 3. The first kappa shape index (κ1) is 22.1. The molecule has 1 aromatic carbocycles. The molecule has 1 saturated heterocycles. The van der Waals surface area contributed by atoms with E-state index < -0.39 is 11.0 Å². The van der Waals surface area contributed by atoms with E-state index >= 15 is 0 Å². The Bertz CT molecular complexity index is 786. The number of aryl methyl sites for hydroxylation is 1. The molecule has 1 unspecified atom stereocenters. The molecule has 3 rings (SSSR count). The molecule has 1 atom stereocenters. The van der Waals surface area contributed by atoms with Crippen LogP contribution < -0.4 is 5.32 Å². The van der Waals surface area contributed by atoms with Gasteiger partial charge in [0.05, 0.1) is 11.2 Å². The van der Waals surface area contributed by atoms with Gasteiger partial charge in [0, 0.05) is 26.1 Å². The summed E-state index contributed by atoms with van der Waals surface area (Å²) in [5, 5.41) is 2.68. The highest BCUT2D eigenvalue weighted by Gasteiger charge is 2.27.